The van der Waals surface area contributed by atoms with E-state index in [0.29, 0.717) is 0 Å². The average Bonchev–Trinajstić information content (AvgIpc) is 2.01. The highest BCUT2D eigenvalue weighted by atomic mass is 31.0. The molecule has 0 saturated carbocycles. The van der Waals surface area contributed by atoms with E-state index in [9.17, 15) is 9.32 Å². The zero-order valence-corrected chi connectivity index (χ0v) is 7.66. The number of hydrogen-bond acceptors (Lipinski definition) is 2. The predicted molar refractivity (Wildman–Crippen MR) is 47.0 cm³/mol. The molecule has 0 aliphatic carbocycles. The first kappa shape index (κ1) is 9.14. The van der Waals surface area contributed by atoms with Crippen LogP contribution >= 0.6 is 9.24 Å². The van der Waals surface area contributed by atoms with Gasteiger partial charge in [-0.25, -0.2) is 9.74 Å². The molecule has 0 N–H and O–H groups in total. The Balaban J connectivity index is 3.08. The molecule has 0 aromatic heterocycles. The van der Waals surface area contributed by atoms with Gasteiger partial charge in [-0.2, -0.15) is 0 Å². The van der Waals surface area contributed by atoms with Crippen LogP contribution in [0.4, 0.5) is 4.53 Å². The summed E-state index contributed by atoms with van der Waals surface area (Å²) in [6.07, 6.45) is 0. The van der Waals surface area contributed by atoms with E-state index in [0.717, 1.165) is 10.9 Å². The molecule has 12 heavy (non-hydrogen) atoms. The molecule has 1 unspecified atom stereocenters. The molecule has 2 nitrogen and oxygen atoms in total. The zero-order chi connectivity index (χ0) is 9.14. The minimum absolute atomic E-state index is 0.225. The van der Waals surface area contributed by atoms with E-state index in [1.54, 1.807) is 12.1 Å². The third-order valence-electron chi connectivity index (χ3n) is 1.41. The zero-order valence-electron chi connectivity index (χ0n) is 6.50. The van der Waals surface area contributed by atoms with Crippen LogP contribution in [0.1, 0.15) is 15.9 Å². The van der Waals surface area contributed by atoms with Crippen molar-refractivity contribution in [1.82, 2.24) is 0 Å². The highest BCUT2D eigenvalue weighted by Gasteiger charge is 2.07. The van der Waals surface area contributed by atoms with Gasteiger partial charge in [0.2, 0.25) is 0 Å². The molecule has 0 fully saturated rings. The summed E-state index contributed by atoms with van der Waals surface area (Å²) < 4.78 is 11.5. The number of benzene rings is 1. The van der Waals surface area contributed by atoms with Crippen LogP contribution in [0.3, 0.4) is 0 Å². The van der Waals surface area contributed by atoms with Gasteiger partial charge in [0.05, 0.1) is 5.56 Å². The number of rotatable bonds is 1. The van der Waals surface area contributed by atoms with Crippen molar-refractivity contribution in [2.24, 2.45) is 0 Å². The van der Waals surface area contributed by atoms with Crippen molar-refractivity contribution in [3.63, 3.8) is 0 Å². The summed E-state index contributed by atoms with van der Waals surface area (Å²) in [7, 11) is 2.43. The maximum absolute atomic E-state index is 11.5. The quantitative estimate of drug-likeness (QED) is 0.622. The van der Waals surface area contributed by atoms with Gasteiger partial charge in [0.15, 0.2) is 0 Å². The summed E-state index contributed by atoms with van der Waals surface area (Å²) in [5.41, 5.74) is 1.12. The number of hydrogen-bond donors (Lipinski definition) is 0. The summed E-state index contributed by atoms with van der Waals surface area (Å²) in [4.78, 5) is 13.8. The highest BCUT2D eigenvalue weighted by molar-refractivity contribution is 7.27. The number of halogens is 1. The van der Waals surface area contributed by atoms with E-state index >= 15 is 0 Å². The van der Waals surface area contributed by atoms with E-state index < -0.39 is 5.97 Å². The van der Waals surface area contributed by atoms with Crippen LogP contribution in [0.2, 0.25) is 0 Å². The van der Waals surface area contributed by atoms with Crippen LogP contribution in [0.25, 0.3) is 0 Å². The van der Waals surface area contributed by atoms with E-state index in [1.165, 1.54) is 0 Å². The largest absolute Gasteiger partial charge is 0.379 e. The Morgan fingerprint density at radius 3 is 2.67 bits per heavy atom. The molecule has 0 aliphatic rings. The van der Waals surface area contributed by atoms with Crippen molar-refractivity contribution in [1.29, 1.82) is 0 Å². The molecule has 0 bridgehead atoms. The van der Waals surface area contributed by atoms with Gasteiger partial charge in [0.25, 0.3) is 0 Å². The topological polar surface area (TPSA) is 26.3 Å². The van der Waals surface area contributed by atoms with Gasteiger partial charge in [-0.05, 0) is 29.9 Å². The standard InChI is InChI=1S/C8H8FO2P/c1-5-2-6(8(10)11-9)4-7(12)3-5/h2-4H,12H2,1H3. The molecule has 0 spiro atoms. The van der Waals surface area contributed by atoms with Crippen LogP contribution in [-0.4, -0.2) is 5.97 Å². The summed E-state index contributed by atoms with van der Waals surface area (Å²) >= 11 is 0. The molecule has 64 valence electrons. The minimum atomic E-state index is -0.956. The van der Waals surface area contributed by atoms with Gasteiger partial charge < -0.3 is 0 Å². The summed E-state index contributed by atoms with van der Waals surface area (Å²) in [6.45, 7) is 1.82. The van der Waals surface area contributed by atoms with Gasteiger partial charge in [-0.15, -0.1) is 9.24 Å². The monoisotopic (exact) mass is 186 g/mol. The molecule has 0 amide bonds. The molecular formula is C8H8FO2P. The Morgan fingerprint density at radius 1 is 1.50 bits per heavy atom. The Labute approximate surface area is 71.8 Å². The second-order valence-corrected chi connectivity index (χ2v) is 3.16. The van der Waals surface area contributed by atoms with Crippen LogP contribution < -0.4 is 5.30 Å². The van der Waals surface area contributed by atoms with Gasteiger partial charge in [0.1, 0.15) is 0 Å². The smallest absolute Gasteiger partial charge is 0.249 e. The maximum atomic E-state index is 11.5. The van der Waals surface area contributed by atoms with Crippen LogP contribution in [-0.2, 0) is 4.94 Å². The normalized spacial score (nSPS) is 9.58. The lowest BCUT2D eigenvalue weighted by molar-refractivity contribution is -0.0787. The van der Waals surface area contributed by atoms with Crippen molar-refractivity contribution in [2.45, 2.75) is 6.92 Å². The SMILES string of the molecule is Cc1cc(P)cc(C(=O)OF)c1. The molecule has 4 heteroatoms. The molecule has 1 aromatic rings. The number of carbonyl (C=O) groups excluding carboxylic acids is 1. The highest BCUT2D eigenvalue weighted by Crippen LogP contribution is 2.06. The number of carbonyl (C=O) groups is 1. The fourth-order valence-electron chi connectivity index (χ4n) is 0.975. The molecule has 1 rings (SSSR count). The van der Waals surface area contributed by atoms with Crippen molar-refractivity contribution in [3.8, 4) is 0 Å². The lowest BCUT2D eigenvalue weighted by atomic mass is 10.1. The van der Waals surface area contributed by atoms with E-state index in [2.05, 4.69) is 14.2 Å². The minimum Gasteiger partial charge on any atom is -0.249 e. The molecule has 1 atom stereocenters. The third-order valence-corrected chi connectivity index (χ3v) is 1.74. The summed E-state index contributed by atoms with van der Waals surface area (Å²) in [5, 5.41) is 0.829. The Morgan fingerprint density at radius 2 is 2.17 bits per heavy atom. The Hall–Kier alpha value is -0.950. The number of aryl methyl sites for hydroxylation is 1. The molecule has 0 aliphatic heterocycles. The first-order chi connectivity index (χ1) is 5.63. The summed E-state index contributed by atoms with van der Waals surface area (Å²) in [5.74, 6) is -0.956. The fraction of sp³-hybridized carbons (Fsp3) is 0.125. The van der Waals surface area contributed by atoms with Gasteiger partial charge in [-0.1, -0.05) is 6.07 Å². The van der Waals surface area contributed by atoms with Crippen LogP contribution in [0.5, 0.6) is 0 Å². The van der Waals surface area contributed by atoms with Crippen molar-refractivity contribution in [3.05, 3.63) is 29.3 Å². The second kappa shape index (κ2) is 3.63. The average molecular weight is 186 g/mol. The lowest BCUT2D eigenvalue weighted by Crippen LogP contribution is -2.03. The maximum Gasteiger partial charge on any atom is 0.379 e. The second-order valence-electron chi connectivity index (χ2n) is 2.50. The van der Waals surface area contributed by atoms with Gasteiger partial charge in [-0.3, -0.25) is 0 Å². The van der Waals surface area contributed by atoms with Crippen LogP contribution in [0.15, 0.2) is 18.2 Å². The van der Waals surface area contributed by atoms with E-state index in [1.807, 2.05) is 13.0 Å². The first-order valence-electron chi connectivity index (χ1n) is 3.33. The molecule has 0 radical (unpaired) electrons. The van der Waals surface area contributed by atoms with Crippen molar-refractivity contribution in [2.75, 3.05) is 0 Å². The first-order valence-corrected chi connectivity index (χ1v) is 3.91. The predicted octanol–water partition coefficient (Wildman–Crippen LogP) is 1.54. The Kier molecular flexibility index (Phi) is 2.77. The van der Waals surface area contributed by atoms with Gasteiger partial charge >= 0.3 is 5.97 Å². The van der Waals surface area contributed by atoms with Crippen LogP contribution in [0, 0.1) is 6.92 Å². The van der Waals surface area contributed by atoms with Crippen molar-refractivity contribution >= 4 is 20.5 Å². The molecule has 0 saturated heterocycles. The van der Waals surface area contributed by atoms with Crippen molar-refractivity contribution < 1.29 is 14.3 Å². The summed E-state index contributed by atoms with van der Waals surface area (Å²) in [6, 6.07) is 4.97. The molecule has 1 aromatic carbocycles. The van der Waals surface area contributed by atoms with E-state index in [4.69, 9.17) is 0 Å². The molecule has 0 heterocycles. The lowest BCUT2D eigenvalue weighted by Gasteiger charge is -1.99. The Bertz CT molecular complexity index is 292. The van der Waals surface area contributed by atoms with E-state index in [-0.39, 0.29) is 5.56 Å². The van der Waals surface area contributed by atoms with Gasteiger partial charge in [0, 0.05) is 4.53 Å². The third kappa shape index (κ3) is 2.02. The fourth-order valence-corrected chi connectivity index (χ4v) is 1.42. The molecular weight excluding hydrogens is 178 g/mol.